The number of halogens is 1. The Kier molecular flexibility index (Phi) is 4.98. The highest BCUT2D eigenvalue weighted by Crippen LogP contribution is 2.26. The minimum atomic E-state index is -0.194. The zero-order chi connectivity index (χ0) is 14.5. The summed E-state index contributed by atoms with van der Waals surface area (Å²) in [7, 11) is 0. The molecular weight excluding hydrogens is 278 g/mol. The predicted molar refractivity (Wildman–Crippen MR) is 80.0 cm³/mol. The Hall–Kier alpha value is -1.59. The fraction of sp³-hybridized carbons (Fsp3) is 0.429. The van der Waals surface area contributed by atoms with Crippen LogP contribution in [0.5, 0.6) is 0 Å². The van der Waals surface area contributed by atoms with Crippen LogP contribution in [0.1, 0.15) is 26.2 Å². The molecule has 5 nitrogen and oxygen atoms in total. The van der Waals surface area contributed by atoms with Gasteiger partial charge in [-0.25, -0.2) is 0 Å². The monoisotopic (exact) mass is 295 g/mol. The molecule has 0 aromatic heterocycles. The fourth-order valence-electron chi connectivity index (χ4n) is 2.27. The van der Waals surface area contributed by atoms with Crippen molar-refractivity contribution in [2.45, 2.75) is 32.2 Å². The van der Waals surface area contributed by atoms with Crippen molar-refractivity contribution in [1.82, 2.24) is 5.32 Å². The van der Waals surface area contributed by atoms with Gasteiger partial charge in [0, 0.05) is 24.4 Å². The molecule has 0 bridgehead atoms. The number of anilines is 2. The van der Waals surface area contributed by atoms with E-state index in [4.69, 9.17) is 11.6 Å². The first-order chi connectivity index (χ1) is 9.54. The molecule has 0 radical (unpaired) electrons. The van der Waals surface area contributed by atoms with Crippen LogP contribution in [0.25, 0.3) is 0 Å². The molecule has 1 heterocycles. The van der Waals surface area contributed by atoms with Crippen molar-refractivity contribution in [3.05, 3.63) is 23.2 Å². The van der Waals surface area contributed by atoms with Crippen molar-refractivity contribution in [1.29, 1.82) is 0 Å². The van der Waals surface area contributed by atoms with Gasteiger partial charge in [-0.1, -0.05) is 11.6 Å². The molecule has 2 rings (SSSR count). The van der Waals surface area contributed by atoms with Crippen LogP contribution in [0.2, 0.25) is 5.02 Å². The van der Waals surface area contributed by atoms with E-state index in [1.54, 1.807) is 18.2 Å². The molecule has 1 aromatic rings. The lowest BCUT2D eigenvalue weighted by atomic mass is 10.1. The summed E-state index contributed by atoms with van der Waals surface area (Å²) in [6.45, 7) is 2.38. The van der Waals surface area contributed by atoms with E-state index in [-0.39, 0.29) is 17.9 Å². The molecule has 1 saturated heterocycles. The topological polar surface area (TPSA) is 70.2 Å². The molecule has 1 fully saturated rings. The van der Waals surface area contributed by atoms with Gasteiger partial charge in [-0.15, -0.1) is 0 Å². The van der Waals surface area contributed by atoms with Crippen LogP contribution in [-0.4, -0.2) is 24.4 Å². The molecule has 3 N–H and O–H groups in total. The van der Waals surface area contributed by atoms with Gasteiger partial charge in [-0.2, -0.15) is 0 Å². The predicted octanol–water partition coefficient (Wildman–Crippen LogP) is 2.38. The molecule has 0 aliphatic carbocycles. The fourth-order valence-corrected chi connectivity index (χ4v) is 2.45. The average Bonchev–Trinajstić information content (AvgIpc) is 2.84. The van der Waals surface area contributed by atoms with Crippen LogP contribution in [0.3, 0.4) is 0 Å². The molecule has 1 unspecified atom stereocenters. The highest BCUT2D eigenvalue weighted by molar-refractivity contribution is 6.31. The van der Waals surface area contributed by atoms with Crippen LogP contribution >= 0.6 is 11.6 Å². The van der Waals surface area contributed by atoms with E-state index in [2.05, 4.69) is 16.0 Å². The van der Waals surface area contributed by atoms with Crippen molar-refractivity contribution in [3.63, 3.8) is 0 Å². The highest BCUT2D eigenvalue weighted by atomic mass is 35.5. The molecule has 1 aromatic carbocycles. The number of carbonyl (C=O) groups excluding carboxylic acids is 2. The number of rotatable bonds is 4. The first kappa shape index (κ1) is 14.8. The molecule has 2 amide bonds. The second kappa shape index (κ2) is 6.72. The minimum absolute atomic E-state index is 0.0849. The third kappa shape index (κ3) is 4.21. The summed E-state index contributed by atoms with van der Waals surface area (Å²) < 4.78 is 0. The van der Waals surface area contributed by atoms with Crippen molar-refractivity contribution in [3.8, 4) is 0 Å². The van der Waals surface area contributed by atoms with Crippen LogP contribution in [0.4, 0.5) is 11.4 Å². The first-order valence-electron chi connectivity index (χ1n) is 6.65. The van der Waals surface area contributed by atoms with Crippen LogP contribution in [0.15, 0.2) is 18.2 Å². The zero-order valence-electron chi connectivity index (χ0n) is 11.3. The largest absolute Gasteiger partial charge is 0.325 e. The van der Waals surface area contributed by atoms with Gasteiger partial charge in [-0.05, 0) is 37.6 Å². The van der Waals surface area contributed by atoms with Gasteiger partial charge in [0.1, 0.15) is 0 Å². The summed E-state index contributed by atoms with van der Waals surface area (Å²) in [5, 5.41) is 9.26. The summed E-state index contributed by atoms with van der Waals surface area (Å²) in [4.78, 5) is 23.2. The summed E-state index contributed by atoms with van der Waals surface area (Å²) in [6, 6.07) is 5.21. The van der Waals surface area contributed by atoms with Crippen molar-refractivity contribution in [2.24, 2.45) is 0 Å². The van der Waals surface area contributed by atoms with Gasteiger partial charge in [0.25, 0.3) is 0 Å². The minimum Gasteiger partial charge on any atom is -0.325 e. The van der Waals surface area contributed by atoms with Crippen LogP contribution < -0.4 is 16.0 Å². The lowest BCUT2D eigenvalue weighted by Gasteiger charge is -2.14. The first-order valence-corrected chi connectivity index (χ1v) is 7.03. The normalized spacial score (nSPS) is 17.8. The van der Waals surface area contributed by atoms with Crippen molar-refractivity contribution >= 4 is 34.8 Å². The summed E-state index contributed by atoms with van der Waals surface area (Å²) in [5.41, 5.74) is 1.07. The number of carbonyl (C=O) groups is 2. The third-order valence-corrected chi connectivity index (χ3v) is 3.40. The average molecular weight is 296 g/mol. The molecule has 1 aliphatic rings. The maximum absolute atomic E-state index is 12.0. The summed E-state index contributed by atoms with van der Waals surface area (Å²) in [6.07, 6.45) is 2.54. The molecule has 6 heteroatoms. The standard InChI is InChI=1S/C14H18ClN3O2/c1-9(19)17-12-5-4-10(15)7-13(12)18-14(20)8-11-3-2-6-16-11/h4-5,7,11,16H,2-3,6,8H2,1H3,(H,17,19)(H,18,20). The van der Waals surface area contributed by atoms with Gasteiger partial charge in [0.05, 0.1) is 11.4 Å². The highest BCUT2D eigenvalue weighted by Gasteiger charge is 2.18. The van der Waals surface area contributed by atoms with Crippen molar-refractivity contribution in [2.75, 3.05) is 17.2 Å². The third-order valence-electron chi connectivity index (χ3n) is 3.16. The maximum Gasteiger partial charge on any atom is 0.225 e. The maximum atomic E-state index is 12.0. The molecule has 1 atom stereocenters. The van der Waals surface area contributed by atoms with E-state index in [0.29, 0.717) is 22.8 Å². The molecular formula is C14H18ClN3O2. The Labute approximate surface area is 123 Å². The molecule has 0 spiro atoms. The summed E-state index contributed by atoms with van der Waals surface area (Å²) >= 11 is 5.93. The summed E-state index contributed by atoms with van der Waals surface area (Å²) in [5.74, 6) is -0.279. The van der Waals surface area contributed by atoms with Gasteiger partial charge in [-0.3, -0.25) is 9.59 Å². The van der Waals surface area contributed by atoms with E-state index in [0.717, 1.165) is 19.4 Å². The number of hydrogen-bond acceptors (Lipinski definition) is 3. The lowest BCUT2D eigenvalue weighted by Crippen LogP contribution is -2.27. The smallest absolute Gasteiger partial charge is 0.225 e. The second-order valence-electron chi connectivity index (χ2n) is 4.92. The number of hydrogen-bond donors (Lipinski definition) is 3. The molecule has 108 valence electrons. The van der Waals surface area contributed by atoms with Gasteiger partial charge < -0.3 is 16.0 Å². The Morgan fingerprint density at radius 1 is 1.35 bits per heavy atom. The Morgan fingerprint density at radius 3 is 2.80 bits per heavy atom. The Bertz CT molecular complexity index is 513. The van der Waals surface area contributed by atoms with Gasteiger partial charge in [0.15, 0.2) is 0 Å². The zero-order valence-corrected chi connectivity index (χ0v) is 12.1. The Balaban J connectivity index is 2.04. The van der Waals surface area contributed by atoms with E-state index < -0.39 is 0 Å². The van der Waals surface area contributed by atoms with Crippen molar-refractivity contribution < 1.29 is 9.59 Å². The van der Waals surface area contributed by atoms with Gasteiger partial charge in [0.2, 0.25) is 11.8 Å². The number of amides is 2. The van der Waals surface area contributed by atoms with Gasteiger partial charge >= 0.3 is 0 Å². The van der Waals surface area contributed by atoms with Crippen LogP contribution in [0, 0.1) is 0 Å². The lowest BCUT2D eigenvalue weighted by molar-refractivity contribution is -0.117. The Morgan fingerprint density at radius 2 is 2.15 bits per heavy atom. The number of nitrogens with one attached hydrogen (secondary N) is 3. The van der Waals surface area contributed by atoms with E-state index in [1.165, 1.54) is 6.92 Å². The molecule has 20 heavy (non-hydrogen) atoms. The molecule has 0 saturated carbocycles. The van der Waals surface area contributed by atoms with E-state index in [1.807, 2.05) is 0 Å². The molecule has 1 aliphatic heterocycles. The van der Waals surface area contributed by atoms with Crippen LogP contribution in [-0.2, 0) is 9.59 Å². The quantitative estimate of drug-likeness (QED) is 0.799. The SMILES string of the molecule is CC(=O)Nc1ccc(Cl)cc1NC(=O)CC1CCCN1. The van der Waals surface area contributed by atoms with E-state index in [9.17, 15) is 9.59 Å². The second-order valence-corrected chi connectivity index (χ2v) is 5.35. The number of benzene rings is 1. The van der Waals surface area contributed by atoms with E-state index >= 15 is 0 Å².